The van der Waals surface area contributed by atoms with Crippen molar-refractivity contribution >= 4 is 23.4 Å². The van der Waals surface area contributed by atoms with Gasteiger partial charge in [0.2, 0.25) is 0 Å². The molecule has 2 rings (SSSR count). The van der Waals surface area contributed by atoms with E-state index in [0.29, 0.717) is 5.41 Å². The lowest BCUT2D eigenvalue weighted by Gasteiger charge is -2.11. The highest BCUT2D eigenvalue weighted by molar-refractivity contribution is 7.99. The number of hydrogen-bond acceptors (Lipinski definition) is 2. The first kappa shape index (κ1) is 10.3. The van der Waals surface area contributed by atoms with E-state index in [1.165, 1.54) is 17.7 Å². The van der Waals surface area contributed by atoms with Crippen LogP contribution in [0.25, 0.3) is 0 Å². The van der Waals surface area contributed by atoms with E-state index in [-0.39, 0.29) is 0 Å². The Morgan fingerprint density at radius 3 is 2.79 bits per heavy atom. The van der Waals surface area contributed by atoms with Gasteiger partial charge < -0.3 is 5.73 Å². The highest BCUT2D eigenvalue weighted by atomic mass is 35.5. The van der Waals surface area contributed by atoms with Crippen molar-refractivity contribution in [2.45, 2.75) is 17.7 Å². The Hall–Kier alpha value is -0.180. The number of nitrogens with two attached hydrogens (primary N) is 1. The first-order valence-corrected chi connectivity index (χ1v) is 6.19. The highest BCUT2D eigenvalue weighted by Gasteiger charge is 2.40. The average molecular weight is 228 g/mol. The molecule has 1 aromatic rings. The summed E-state index contributed by atoms with van der Waals surface area (Å²) in [5, 5.41) is 0.813. The highest BCUT2D eigenvalue weighted by Crippen LogP contribution is 2.48. The van der Waals surface area contributed by atoms with E-state index < -0.39 is 0 Å². The molecule has 1 saturated carbocycles. The van der Waals surface area contributed by atoms with Crippen LogP contribution in [0, 0.1) is 5.41 Å². The van der Waals surface area contributed by atoms with Crippen molar-refractivity contribution in [2.75, 3.05) is 12.3 Å². The van der Waals surface area contributed by atoms with Gasteiger partial charge in [0, 0.05) is 15.7 Å². The summed E-state index contributed by atoms with van der Waals surface area (Å²) in [4.78, 5) is 1.25. The smallest absolute Gasteiger partial charge is 0.0417 e. The topological polar surface area (TPSA) is 26.0 Å². The molecule has 1 aromatic carbocycles. The normalized spacial score (nSPS) is 18.1. The minimum Gasteiger partial charge on any atom is -0.330 e. The summed E-state index contributed by atoms with van der Waals surface area (Å²) in [6.45, 7) is 0.820. The molecular formula is C11H14ClNS. The van der Waals surface area contributed by atoms with Gasteiger partial charge in [0.15, 0.2) is 0 Å². The van der Waals surface area contributed by atoms with Gasteiger partial charge in [-0.05, 0) is 43.0 Å². The third-order valence-electron chi connectivity index (χ3n) is 2.73. The molecule has 0 unspecified atom stereocenters. The molecule has 2 N–H and O–H groups in total. The van der Waals surface area contributed by atoms with Crippen molar-refractivity contribution in [3.8, 4) is 0 Å². The zero-order chi connectivity index (χ0) is 10.0. The molecule has 0 atom stereocenters. The van der Waals surface area contributed by atoms with Crippen LogP contribution in [0.5, 0.6) is 0 Å². The lowest BCUT2D eigenvalue weighted by Crippen LogP contribution is -2.17. The molecule has 0 spiro atoms. The Kier molecular flexibility index (Phi) is 3.05. The van der Waals surface area contributed by atoms with Gasteiger partial charge in [-0.1, -0.05) is 17.7 Å². The van der Waals surface area contributed by atoms with Crippen molar-refractivity contribution in [3.63, 3.8) is 0 Å². The van der Waals surface area contributed by atoms with E-state index in [4.69, 9.17) is 17.3 Å². The van der Waals surface area contributed by atoms with Crippen LogP contribution in [0.2, 0.25) is 5.02 Å². The van der Waals surface area contributed by atoms with E-state index in [1.54, 1.807) is 0 Å². The van der Waals surface area contributed by atoms with Crippen molar-refractivity contribution < 1.29 is 0 Å². The molecule has 1 aliphatic rings. The first-order valence-electron chi connectivity index (χ1n) is 4.83. The van der Waals surface area contributed by atoms with Gasteiger partial charge in [0.25, 0.3) is 0 Å². The number of benzene rings is 1. The summed E-state index contributed by atoms with van der Waals surface area (Å²) >= 11 is 7.77. The summed E-state index contributed by atoms with van der Waals surface area (Å²) in [5.41, 5.74) is 6.16. The maximum atomic E-state index is 5.91. The van der Waals surface area contributed by atoms with Crippen LogP contribution in [-0.2, 0) is 0 Å². The third-order valence-corrected chi connectivity index (χ3v) is 4.31. The molecule has 0 aliphatic heterocycles. The maximum Gasteiger partial charge on any atom is 0.0417 e. The van der Waals surface area contributed by atoms with Crippen LogP contribution in [0.15, 0.2) is 29.2 Å². The fourth-order valence-electron chi connectivity index (χ4n) is 1.38. The molecule has 0 bridgehead atoms. The fourth-order valence-corrected chi connectivity index (χ4v) is 2.90. The van der Waals surface area contributed by atoms with Gasteiger partial charge >= 0.3 is 0 Å². The van der Waals surface area contributed by atoms with Gasteiger partial charge in [-0.15, -0.1) is 11.8 Å². The van der Waals surface area contributed by atoms with Crippen molar-refractivity contribution in [1.29, 1.82) is 0 Å². The molecule has 0 radical (unpaired) electrons. The Morgan fingerprint density at radius 1 is 1.43 bits per heavy atom. The molecule has 0 aromatic heterocycles. The van der Waals surface area contributed by atoms with Crippen LogP contribution in [0.4, 0.5) is 0 Å². The first-order chi connectivity index (χ1) is 6.74. The van der Waals surface area contributed by atoms with Crippen molar-refractivity contribution in [2.24, 2.45) is 11.1 Å². The lowest BCUT2D eigenvalue weighted by molar-refractivity contribution is 0.600. The monoisotopic (exact) mass is 227 g/mol. The molecule has 1 aliphatic carbocycles. The molecule has 3 heteroatoms. The minimum absolute atomic E-state index is 0.437. The molecule has 76 valence electrons. The standard InChI is InChI=1S/C11H14ClNS/c12-9-2-1-3-10(6-9)14-8-11(7-13)4-5-11/h1-3,6H,4-5,7-8,13H2. The largest absolute Gasteiger partial charge is 0.330 e. The number of hydrogen-bond donors (Lipinski definition) is 1. The SMILES string of the molecule is NCC1(CSc2cccc(Cl)c2)CC1. The molecule has 0 heterocycles. The average Bonchev–Trinajstić information content (AvgIpc) is 2.96. The quantitative estimate of drug-likeness (QED) is 0.800. The van der Waals surface area contributed by atoms with Gasteiger partial charge in [-0.3, -0.25) is 0 Å². The summed E-state index contributed by atoms with van der Waals surface area (Å²) in [6.07, 6.45) is 2.58. The Labute approximate surface area is 94.0 Å². The molecular weight excluding hydrogens is 214 g/mol. The third kappa shape index (κ3) is 2.44. The Morgan fingerprint density at radius 2 is 2.21 bits per heavy atom. The second-order valence-electron chi connectivity index (χ2n) is 3.95. The fraction of sp³-hybridized carbons (Fsp3) is 0.455. The van der Waals surface area contributed by atoms with Crippen LogP contribution >= 0.6 is 23.4 Å². The van der Waals surface area contributed by atoms with Gasteiger partial charge in [-0.2, -0.15) is 0 Å². The van der Waals surface area contributed by atoms with E-state index in [0.717, 1.165) is 17.3 Å². The van der Waals surface area contributed by atoms with E-state index in [9.17, 15) is 0 Å². The summed E-state index contributed by atoms with van der Waals surface area (Å²) in [7, 11) is 0. The molecule has 1 nitrogen and oxygen atoms in total. The summed E-state index contributed by atoms with van der Waals surface area (Å²) in [5.74, 6) is 1.13. The predicted octanol–water partition coefficient (Wildman–Crippen LogP) is 3.17. The van der Waals surface area contributed by atoms with Crippen molar-refractivity contribution in [1.82, 2.24) is 0 Å². The van der Waals surface area contributed by atoms with Gasteiger partial charge in [-0.25, -0.2) is 0 Å². The molecule has 0 saturated heterocycles. The van der Waals surface area contributed by atoms with Gasteiger partial charge in [0.1, 0.15) is 0 Å². The summed E-state index contributed by atoms with van der Waals surface area (Å²) < 4.78 is 0. The predicted molar refractivity (Wildman–Crippen MR) is 62.9 cm³/mol. The molecule has 1 fully saturated rings. The van der Waals surface area contributed by atoms with E-state index in [2.05, 4.69) is 6.07 Å². The Balaban J connectivity index is 1.92. The molecule has 0 amide bonds. The van der Waals surface area contributed by atoms with Crippen LogP contribution in [0.3, 0.4) is 0 Å². The number of rotatable bonds is 4. The van der Waals surface area contributed by atoms with E-state index >= 15 is 0 Å². The zero-order valence-electron chi connectivity index (χ0n) is 8.00. The summed E-state index contributed by atoms with van der Waals surface area (Å²) in [6, 6.07) is 8.01. The number of halogens is 1. The van der Waals surface area contributed by atoms with E-state index in [1.807, 2.05) is 30.0 Å². The van der Waals surface area contributed by atoms with Crippen LogP contribution in [-0.4, -0.2) is 12.3 Å². The minimum atomic E-state index is 0.437. The maximum absolute atomic E-state index is 5.91. The number of thioether (sulfide) groups is 1. The van der Waals surface area contributed by atoms with Crippen LogP contribution in [0.1, 0.15) is 12.8 Å². The molecule has 14 heavy (non-hydrogen) atoms. The van der Waals surface area contributed by atoms with Crippen LogP contribution < -0.4 is 5.73 Å². The van der Waals surface area contributed by atoms with Crippen molar-refractivity contribution in [3.05, 3.63) is 29.3 Å². The lowest BCUT2D eigenvalue weighted by atomic mass is 10.1. The zero-order valence-corrected chi connectivity index (χ0v) is 9.57. The Bertz CT molecular complexity index is 323. The van der Waals surface area contributed by atoms with Gasteiger partial charge in [0.05, 0.1) is 0 Å². The second-order valence-corrected chi connectivity index (χ2v) is 5.44. The second kappa shape index (κ2) is 4.13.